The highest BCUT2D eigenvalue weighted by atomic mass is 16.5. The molecule has 82 valence electrons. The molecule has 1 unspecified atom stereocenters. The second kappa shape index (κ2) is 4.19. The average molecular weight is 208 g/mol. The molecule has 1 atom stereocenters. The molecule has 1 aromatic rings. The van der Waals surface area contributed by atoms with Crippen LogP contribution >= 0.6 is 0 Å². The van der Waals surface area contributed by atoms with Gasteiger partial charge in [0.15, 0.2) is 5.78 Å². The van der Waals surface area contributed by atoms with Gasteiger partial charge >= 0.3 is 0 Å². The molecule has 1 aliphatic rings. The topological polar surface area (TPSA) is 39.4 Å². The van der Waals surface area contributed by atoms with Crippen molar-refractivity contribution in [2.45, 2.75) is 26.7 Å². The molecule has 3 heteroatoms. The first kappa shape index (κ1) is 10.4. The van der Waals surface area contributed by atoms with Crippen LogP contribution in [0.25, 0.3) is 0 Å². The van der Waals surface area contributed by atoms with Gasteiger partial charge in [-0.2, -0.15) is 0 Å². The summed E-state index contributed by atoms with van der Waals surface area (Å²) in [7, 11) is 0. The highest BCUT2D eigenvalue weighted by Gasteiger charge is 2.25. The van der Waals surface area contributed by atoms with Gasteiger partial charge in [0.25, 0.3) is 0 Å². The standard InChI is InChI=1S/C12H16O3/c1-8-6-11(9(2)15-8)12(13)10-4-3-5-14-7-10/h6,10H,3-5,7H2,1-2H3. The summed E-state index contributed by atoms with van der Waals surface area (Å²) in [4.78, 5) is 12.1. The zero-order chi connectivity index (χ0) is 10.8. The Bertz CT molecular complexity index is 359. The number of carbonyl (C=O) groups is 1. The summed E-state index contributed by atoms with van der Waals surface area (Å²) in [6, 6.07) is 1.83. The molecule has 1 saturated heterocycles. The minimum Gasteiger partial charge on any atom is -0.466 e. The van der Waals surface area contributed by atoms with Crippen LogP contribution < -0.4 is 0 Å². The zero-order valence-corrected chi connectivity index (χ0v) is 9.21. The first-order valence-electron chi connectivity index (χ1n) is 5.37. The first-order chi connectivity index (χ1) is 7.18. The monoisotopic (exact) mass is 208 g/mol. The molecule has 0 N–H and O–H groups in total. The molecule has 1 aromatic heterocycles. The second-order valence-corrected chi connectivity index (χ2v) is 4.11. The molecule has 1 fully saturated rings. The fraction of sp³-hybridized carbons (Fsp3) is 0.583. The smallest absolute Gasteiger partial charge is 0.171 e. The van der Waals surface area contributed by atoms with E-state index in [1.807, 2.05) is 19.9 Å². The maximum atomic E-state index is 12.1. The Balaban J connectivity index is 2.16. The number of hydrogen-bond acceptors (Lipinski definition) is 3. The third-order valence-electron chi connectivity index (χ3n) is 2.84. The maximum Gasteiger partial charge on any atom is 0.171 e. The molecular weight excluding hydrogens is 192 g/mol. The van der Waals surface area contributed by atoms with Crippen LogP contribution in [0, 0.1) is 19.8 Å². The lowest BCUT2D eigenvalue weighted by molar-refractivity contribution is 0.0460. The van der Waals surface area contributed by atoms with E-state index in [0.29, 0.717) is 6.61 Å². The van der Waals surface area contributed by atoms with Gasteiger partial charge in [0, 0.05) is 12.5 Å². The maximum absolute atomic E-state index is 12.1. The molecule has 2 rings (SSSR count). The van der Waals surface area contributed by atoms with Crippen LogP contribution in [-0.4, -0.2) is 19.0 Å². The normalized spacial score (nSPS) is 21.6. The van der Waals surface area contributed by atoms with Crippen LogP contribution in [-0.2, 0) is 4.74 Å². The van der Waals surface area contributed by atoms with Crippen molar-refractivity contribution in [3.05, 3.63) is 23.2 Å². The van der Waals surface area contributed by atoms with Gasteiger partial charge in [0.05, 0.1) is 12.2 Å². The van der Waals surface area contributed by atoms with E-state index in [-0.39, 0.29) is 11.7 Å². The Labute approximate surface area is 89.4 Å². The van der Waals surface area contributed by atoms with Crippen molar-refractivity contribution in [1.82, 2.24) is 0 Å². The number of Topliss-reactive ketones (excluding diaryl/α,β-unsaturated/α-hetero) is 1. The number of ether oxygens (including phenoxy) is 1. The third kappa shape index (κ3) is 2.12. The summed E-state index contributed by atoms with van der Waals surface area (Å²) in [5.41, 5.74) is 0.725. The summed E-state index contributed by atoms with van der Waals surface area (Å²) in [6.45, 7) is 5.04. The number of carbonyl (C=O) groups excluding carboxylic acids is 1. The van der Waals surface area contributed by atoms with Gasteiger partial charge in [-0.25, -0.2) is 0 Å². The molecule has 0 saturated carbocycles. The van der Waals surface area contributed by atoms with E-state index in [4.69, 9.17) is 9.15 Å². The van der Waals surface area contributed by atoms with E-state index in [9.17, 15) is 4.79 Å². The number of furan rings is 1. The van der Waals surface area contributed by atoms with Crippen molar-refractivity contribution in [3.8, 4) is 0 Å². The van der Waals surface area contributed by atoms with Crippen molar-refractivity contribution in [2.24, 2.45) is 5.92 Å². The van der Waals surface area contributed by atoms with Gasteiger partial charge in [-0.15, -0.1) is 0 Å². The Morgan fingerprint density at radius 2 is 2.27 bits per heavy atom. The van der Waals surface area contributed by atoms with Gasteiger partial charge in [0.2, 0.25) is 0 Å². The average Bonchev–Trinajstić information content (AvgIpc) is 2.58. The third-order valence-corrected chi connectivity index (χ3v) is 2.84. The molecule has 1 aliphatic heterocycles. The molecule has 15 heavy (non-hydrogen) atoms. The van der Waals surface area contributed by atoms with Crippen molar-refractivity contribution in [1.29, 1.82) is 0 Å². The van der Waals surface area contributed by atoms with E-state index < -0.39 is 0 Å². The van der Waals surface area contributed by atoms with Crippen LogP contribution in [0.15, 0.2) is 10.5 Å². The van der Waals surface area contributed by atoms with Crippen molar-refractivity contribution < 1.29 is 13.9 Å². The molecular formula is C12H16O3. The Morgan fingerprint density at radius 1 is 1.47 bits per heavy atom. The lowest BCUT2D eigenvalue weighted by atomic mass is 9.93. The Hall–Kier alpha value is -1.09. The minimum atomic E-state index is 0.0226. The zero-order valence-electron chi connectivity index (χ0n) is 9.21. The van der Waals surface area contributed by atoms with E-state index in [2.05, 4.69) is 0 Å². The summed E-state index contributed by atoms with van der Waals surface area (Å²) >= 11 is 0. The number of aryl methyl sites for hydroxylation is 2. The first-order valence-corrected chi connectivity index (χ1v) is 5.37. The highest BCUT2D eigenvalue weighted by molar-refractivity contribution is 5.98. The Kier molecular flexibility index (Phi) is 2.91. The summed E-state index contributed by atoms with van der Waals surface area (Å²) in [5.74, 6) is 1.72. The second-order valence-electron chi connectivity index (χ2n) is 4.11. The van der Waals surface area contributed by atoms with Crippen molar-refractivity contribution in [2.75, 3.05) is 13.2 Å². The van der Waals surface area contributed by atoms with E-state index >= 15 is 0 Å². The summed E-state index contributed by atoms with van der Waals surface area (Å²) in [6.07, 6.45) is 1.91. The molecule has 0 aliphatic carbocycles. The molecule has 0 radical (unpaired) electrons. The summed E-state index contributed by atoms with van der Waals surface area (Å²) < 4.78 is 10.7. The van der Waals surface area contributed by atoms with Gasteiger partial charge in [0.1, 0.15) is 11.5 Å². The minimum absolute atomic E-state index is 0.0226. The van der Waals surface area contributed by atoms with E-state index in [0.717, 1.165) is 36.5 Å². The van der Waals surface area contributed by atoms with Gasteiger partial charge in [-0.3, -0.25) is 4.79 Å². The SMILES string of the molecule is Cc1cc(C(=O)C2CCCOC2)c(C)o1. The van der Waals surface area contributed by atoms with E-state index in [1.54, 1.807) is 0 Å². The number of ketones is 1. The highest BCUT2D eigenvalue weighted by Crippen LogP contribution is 2.22. The largest absolute Gasteiger partial charge is 0.466 e. The molecule has 0 bridgehead atoms. The number of rotatable bonds is 2. The molecule has 0 aromatic carbocycles. The predicted octanol–water partition coefficient (Wildman–Crippen LogP) is 2.51. The fourth-order valence-electron chi connectivity index (χ4n) is 2.04. The van der Waals surface area contributed by atoms with Crippen LogP contribution in [0.4, 0.5) is 0 Å². The molecule has 0 amide bonds. The quantitative estimate of drug-likeness (QED) is 0.701. The van der Waals surface area contributed by atoms with Crippen LogP contribution in [0.2, 0.25) is 0 Å². The molecule has 0 spiro atoms. The predicted molar refractivity (Wildman–Crippen MR) is 56.1 cm³/mol. The van der Waals surface area contributed by atoms with Crippen LogP contribution in [0.5, 0.6) is 0 Å². The fourth-order valence-corrected chi connectivity index (χ4v) is 2.04. The van der Waals surface area contributed by atoms with Crippen LogP contribution in [0.3, 0.4) is 0 Å². The summed E-state index contributed by atoms with van der Waals surface area (Å²) in [5, 5.41) is 0. The van der Waals surface area contributed by atoms with Gasteiger partial charge in [-0.1, -0.05) is 0 Å². The molecule has 3 nitrogen and oxygen atoms in total. The lowest BCUT2D eigenvalue weighted by Gasteiger charge is -2.20. The Morgan fingerprint density at radius 3 is 2.80 bits per heavy atom. The molecule has 2 heterocycles. The van der Waals surface area contributed by atoms with Crippen LogP contribution in [0.1, 0.15) is 34.7 Å². The van der Waals surface area contributed by atoms with Gasteiger partial charge in [-0.05, 0) is 32.8 Å². The van der Waals surface area contributed by atoms with Crippen molar-refractivity contribution >= 4 is 5.78 Å². The number of hydrogen-bond donors (Lipinski definition) is 0. The van der Waals surface area contributed by atoms with Gasteiger partial charge < -0.3 is 9.15 Å². The van der Waals surface area contributed by atoms with Crippen molar-refractivity contribution in [3.63, 3.8) is 0 Å². The van der Waals surface area contributed by atoms with E-state index in [1.165, 1.54) is 0 Å². The lowest BCUT2D eigenvalue weighted by Crippen LogP contribution is -2.25.